The Bertz CT molecular complexity index is 1130. The van der Waals surface area contributed by atoms with Crippen molar-refractivity contribution in [2.45, 2.75) is 13.3 Å². The molecule has 1 N–H and O–H groups in total. The number of nitrogens with one attached hydrogen (secondary N) is 1. The van der Waals surface area contributed by atoms with Gasteiger partial charge in [-0.1, -0.05) is 54.6 Å². The summed E-state index contributed by atoms with van der Waals surface area (Å²) in [4.78, 5) is 18.4. The van der Waals surface area contributed by atoms with Crippen molar-refractivity contribution in [1.29, 1.82) is 0 Å². The van der Waals surface area contributed by atoms with Crippen LogP contribution in [0.25, 0.3) is 21.8 Å². The molecule has 3 aromatic carbocycles. The largest absolute Gasteiger partial charge is 0.497 e. The maximum Gasteiger partial charge on any atom is 0.228 e. The van der Waals surface area contributed by atoms with Crippen LogP contribution in [0.1, 0.15) is 10.4 Å². The normalized spacial score (nSPS) is 10.6. The Morgan fingerprint density at radius 1 is 0.933 bits per heavy atom. The van der Waals surface area contributed by atoms with Crippen LogP contribution in [-0.2, 0) is 11.2 Å². The van der Waals surface area contributed by atoms with Gasteiger partial charge in [0.1, 0.15) is 10.8 Å². The summed E-state index contributed by atoms with van der Waals surface area (Å²) in [5.41, 5.74) is 4.86. The summed E-state index contributed by atoms with van der Waals surface area (Å²) < 4.78 is 5.15. The average Bonchev–Trinajstić information content (AvgIpc) is 3.17. The first-order valence-electron chi connectivity index (χ1n) is 9.68. The van der Waals surface area contributed by atoms with E-state index < -0.39 is 0 Å². The fourth-order valence-electron chi connectivity index (χ4n) is 3.21. The van der Waals surface area contributed by atoms with Crippen LogP contribution < -0.4 is 10.1 Å². The van der Waals surface area contributed by atoms with Crippen LogP contribution in [-0.4, -0.2) is 18.0 Å². The van der Waals surface area contributed by atoms with Crippen molar-refractivity contribution in [3.05, 3.63) is 89.3 Å². The fraction of sp³-hybridized carbons (Fsp3) is 0.120. The molecule has 1 heterocycles. The number of thiazole rings is 1. The Morgan fingerprint density at radius 2 is 1.63 bits per heavy atom. The summed E-state index contributed by atoms with van der Waals surface area (Å²) in [7, 11) is 1.63. The number of hydrogen-bond acceptors (Lipinski definition) is 4. The summed E-state index contributed by atoms with van der Waals surface area (Å²) >= 11 is 1.69. The molecule has 5 heteroatoms. The molecule has 0 saturated carbocycles. The van der Waals surface area contributed by atoms with E-state index in [1.165, 1.54) is 4.88 Å². The molecule has 1 amide bonds. The van der Waals surface area contributed by atoms with E-state index >= 15 is 0 Å². The van der Waals surface area contributed by atoms with E-state index in [0.29, 0.717) is 6.42 Å². The van der Waals surface area contributed by atoms with Gasteiger partial charge in [-0.15, -0.1) is 11.3 Å². The number of carbonyl (C=O) groups excluding carboxylic acids is 1. The lowest BCUT2D eigenvalue weighted by Crippen LogP contribution is -2.14. The molecule has 0 atom stereocenters. The topological polar surface area (TPSA) is 51.2 Å². The lowest BCUT2D eigenvalue weighted by molar-refractivity contribution is -0.115. The zero-order valence-electron chi connectivity index (χ0n) is 16.9. The Labute approximate surface area is 180 Å². The molecule has 0 aliphatic heterocycles. The molecule has 0 bridgehead atoms. The van der Waals surface area contributed by atoms with Crippen LogP contribution in [0, 0.1) is 6.92 Å². The summed E-state index contributed by atoms with van der Waals surface area (Å²) in [5, 5.41) is 3.97. The summed E-state index contributed by atoms with van der Waals surface area (Å²) in [6.07, 6.45) is 0.317. The van der Waals surface area contributed by atoms with E-state index in [-0.39, 0.29) is 5.91 Å². The maximum absolute atomic E-state index is 12.4. The number of aryl methyl sites for hydroxylation is 1. The quantitative estimate of drug-likeness (QED) is 0.422. The van der Waals surface area contributed by atoms with Crippen LogP contribution in [0.4, 0.5) is 5.69 Å². The van der Waals surface area contributed by atoms with E-state index in [0.717, 1.165) is 38.8 Å². The van der Waals surface area contributed by atoms with Gasteiger partial charge in [0.15, 0.2) is 0 Å². The standard InChI is InChI=1S/C25H22N2O2S/c1-17-24(27-25(30-17)20-6-4-3-5-7-20)19-10-12-21(13-11-19)26-23(28)16-18-8-14-22(29-2)15-9-18/h3-15H,16H2,1-2H3,(H,26,28). The van der Waals surface area contributed by atoms with Gasteiger partial charge >= 0.3 is 0 Å². The Morgan fingerprint density at radius 3 is 2.30 bits per heavy atom. The van der Waals surface area contributed by atoms with Gasteiger partial charge in [-0.2, -0.15) is 0 Å². The van der Waals surface area contributed by atoms with Crippen LogP contribution in [0.2, 0.25) is 0 Å². The minimum Gasteiger partial charge on any atom is -0.497 e. The number of aromatic nitrogens is 1. The van der Waals surface area contributed by atoms with Crippen molar-refractivity contribution in [2.75, 3.05) is 12.4 Å². The highest BCUT2D eigenvalue weighted by Gasteiger charge is 2.12. The van der Waals surface area contributed by atoms with Crippen molar-refractivity contribution < 1.29 is 9.53 Å². The molecule has 4 rings (SSSR count). The predicted octanol–water partition coefficient (Wildman–Crippen LogP) is 5.98. The number of hydrogen-bond donors (Lipinski definition) is 1. The third-order valence-electron chi connectivity index (χ3n) is 4.78. The first-order valence-corrected chi connectivity index (χ1v) is 10.5. The van der Waals surface area contributed by atoms with E-state index in [2.05, 4.69) is 24.4 Å². The first kappa shape index (κ1) is 19.9. The number of ether oxygens (including phenoxy) is 1. The molecule has 4 nitrogen and oxygen atoms in total. The Balaban J connectivity index is 1.44. The molecule has 0 fully saturated rings. The molecule has 0 aliphatic rings. The molecular weight excluding hydrogens is 392 g/mol. The monoisotopic (exact) mass is 414 g/mol. The molecule has 0 unspecified atom stereocenters. The highest BCUT2D eigenvalue weighted by atomic mass is 32.1. The molecule has 4 aromatic rings. The van der Waals surface area contributed by atoms with Gasteiger partial charge in [0.05, 0.1) is 19.2 Å². The molecule has 0 spiro atoms. The second kappa shape index (κ2) is 8.93. The van der Waals surface area contributed by atoms with Crippen molar-refractivity contribution in [1.82, 2.24) is 4.98 Å². The van der Waals surface area contributed by atoms with E-state index in [9.17, 15) is 4.79 Å². The number of benzene rings is 3. The zero-order chi connectivity index (χ0) is 20.9. The molecule has 0 saturated heterocycles. The molecular formula is C25H22N2O2S. The molecule has 0 radical (unpaired) electrons. The number of anilines is 1. The van der Waals surface area contributed by atoms with Crippen molar-refractivity contribution in [3.63, 3.8) is 0 Å². The number of amides is 1. The number of nitrogens with zero attached hydrogens (tertiary/aromatic N) is 1. The first-order chi connectivity index (χ1) is 14.6. The highest BCUT2D eigenvalue weighted by Crippen LogP contribution is 2.33. The molecule has 150 valence electrons. The third-order valence-corrected chi connectivity index (χ3v) is 5.80. The number of carbonyl (C=O) groups is 1. The summed E-state index contributed by atoms with van der Waals surface area (Å²) in [6.45, 7) is 2.09. The average molecular weight is 415 g/mol. The van der Waals surface area contributed by atoms with Crippen molar-refractivity contribution in [3.8, 4) is 27.6 Å². The SMILES string of the molecule is COc1ccc(CC(=O)Nc2ccc(-c3nc(-c4ccccc4)sc3C)cc2)cc1. The van der Waals surface area contributed by atoms with E-state index in [4.69, 9.17) is 9.72 Å². The smallest absolute Gasteiger partial charge is 0.228 e. The van der Waals surface area contributed by atoms with Gasteiger partial charge < -0.3 is 10.1 Å². The number of rotatable bonds is 6. The lowest BCUT2D eigenvalue weighted by atomic mass is 10.1. The maximum atomic E-state index is 12.4. The predicted molar refractivity (Wildman–Crippen MR) is 123 cm³/mol. The molecule has 1 aromatic heterocycles. The van der Waals surface area contributed by atoms with Gasteiger partial charge in [-0.3, -0.25) is 4.79 Å². The van der Waals surface area contributed by atoms with Crippen LogP contribution in [0.3, 0.4) is 0 Å². The minimum atomic E-state index is -0.0517. The lowest BCUT2D eigenvalue weighted by Gasteiger charge is -2.07. The second-order valence-corrected chi connectivity index (χ2v) is 8.14. The van der Waals surface area contributed by atoms with Gasteiger partial charge in [-0.05, 0) is 36.8 Å². The highest BCUT2D eigenvalue weighted by molar-refractivity contribution is 7.15. The second-order valence-electron chi connectivity index (χ2n) is 6.94. The van der Waals surface area contributed by atoms with Gasteiger partial charge in [-0.25, -0.2) is 4.98 Å². The molecule has 30 heavy (non-hydrogen) atoms. The van der Waals surface area contributed by atoms with Crippen LogP contribution in [0.5, 0.6) is 5.75 Å². The van der Waals surface area contributed by atoms with Gasteiger partial charge in [0.25, 0.3) is 0 Å². The van der Waals surface area contributed by atoms with Crippen molar-refractivity contribution >= 4 is 22.9 Å². The zero-order valence-corrected chi connectivity index (χ0v) is 17.7. The third kappa shape index (κ3) is 4.58. The van der Waals surface area contributed by atoms with Crippen LogP contribution in [0.15, 0.2) is 78.9 Å². The van der Waals surface area contributed by atoms with Gasteiger partial charge in [0, 0.05) is 21.7 Å². The Kier molecular flexibility index (Phi) is 5.91. The van der Waals surface area contributed by atoms with E-state index in [1.54, 1.807) is 18.4 Å². The number of methoxy groups -OCH3 is 1. The Hall–Kier alpha value is -3.44. The summed E-state index contributed by atoms with van der Waals surface area (Å²) in [6, 6.07) is 25.6. The fourth-order valence-corrected chi connectivity index (χ4v) is 4.15. The summed E-state index contributed by atoms with van der Waals surface area (Å²) in [5.74, 6) is 0.728. The van der Waals surface area contributed by atoms with Crippen LogP contribution >= 0.6 is 11.3 Å². The van der Waals surface area contributed by atoms with E-state index in [1.807, 2.05) is 66.7 Å². The van der Waals surface area contributed by atoms with Gasteiger partial charge in [0.2, 0.25) is 5.91 Å². The molecule has 0 aliphatic carbocycles. The van der Waals surface area contributed by atoms with Crippen molar-refractivity contribution in [2.24, 2.45) is 0 Å². The minimum absolute atomic E-state index is 0.0517.